The number of thioether (sulfide) groups is 1. The molecule has 0 aliphatic heterocycles. The van der Waals surface area contributed by atoms with Gasteiger partial charge >= 0.3 is 0 Å². The van der Waals surface area contributed by atoms with Crippen molar-refractivity contribution in [3.05, 3.63) is 59.1 Å². The van der Waals surface area contributed by atoms with Crippen molar-refractivity contribution in [2.75, 3.05) is 11.5 Å². The summed E-state index contributed by atoms with van der Waals surface area (Å²) in [5, 5.41) is 8.80. The Labute approximate surface area is 155 Å². The van der Waals surface area contributed by atoms with E-state index in [0.29, 0.717) is 21.9 Å². The van der Waals surface area contributed by atoms with E-state index in [9.17, 15) is 8.42 Å². The Bertz CT molecular complexity index is 952. The van der Waals surface area contributed by atoms with Crippen LogP contribution in [-0.4, -0.2) is 30.1 Å². The summed E-state index contributed by atoms with van der Waals surface area (Å²) >= 11 is 7.00. The topological polar surface area (TPSA) is 73.1 Å². The number of rotatable bonds is 6. The SMILES string of the molecule is Cc1ccc(-c2nnc(SCCS(=O)(=O)c3ccc(Cl)cc3)o2)cc1. The normalized spacial score (nSPS) is 11.6. The van der Waals surface area contributed by atoms with Gasteiger partial charge in [0.2, 0.25) is 5.89 Å². The monoisotopic (exact) mass is 394 g/mol. The van der Waals surface area contributed by atoms with E-state index in [2.05, 4.69) is 10.2 Å². The molecule has 1 aromatic heterocycles. The maximum atomic E-state index is 12.3. The molecule has 0 radical (unpaired) electrons. The zero-order valence-electron chi connectivity index (χ0n) is 13.3. The lowest BCUT2D eigenvalue weighted by molar-refractivity contribution is 0.466. The van der Waals surface area contributed by atoms with E-state index < -0.39 is 9.84 Å². The first-order chi connectivity index (χ1) is 11.9. The van der Waals surface area contributed by atoms with Gasteiger partial charge in [0.05, 0.1) is 10.6 Å². The second-order valence-electron chi connectivity index (χ2n) is 5.36. The number of halogens is 1. The van der Waals surface area contributed by atoms with Crippen molar-refractivity contribution in [1.82, 2.24) is 10.2 Å². The minimum atomic E-state index is -3.37. The first-order valence-electron chi connectivity index (χ1n) is 7.46. The molecule has 1 heterocycles. The zero-order valence-corrected chi connectivity index (χ0v) is 15.7. The molecule has 0 atom stereocenters. The van der Waals surface area contributed by atoms with Gasteiger partial charge in [0.25, 0.3) is 5.22 Å². The third kappa shape index (κ3) is 4.62. The molecule has 0 aliphatic rings. The smallest absolute Gasteiger partial charge is 0.276 e. The number of benzene rings is 2. The average molecular weight is 395 g/mol. The predicted octanol–water partition coefficient (Wildman–Crippen LogP) is 4.26. The molecule has 5 nitrogen and oxygen atoms in total. The average Bonchev–Trinajstić information content (AvgIpc) is 3.04. The summed E-state index contributed by atoms with van der Waals surface area (Å²) < 4.78 is 30.1. The molecule has 0 N–H and O–H groups in total. The molecule has 0 aliphatic carbocycles. The van der Waals surface area contributed by atoms with Crippen molar-refractivity contribution in [2.24, 2.45) is 0 Å². The van der Waals surface area contributed by atoms with E-state index in [-0.39, 0.29) is 10.6 Å². The van der Waals surface area contributed by atoms with Crippen molar-refractivity contribution in [3.8, 4) is 11.5 Å². The van der Waals surface area contributed by atoms with Gasteiger partial charge in [-0.1, -0.05) is 41.1 Å². The van der Waals surface area contributed by atoms with Gasteiger partial charge in [-0.05, 0) is 43.3 Å². The van der Waals surface area contributed by atoms with E-state index in [1.54, 1.807) is 12.1 Å². The van der Waals surface area contributed by atoms with E-state index in [1.165, 1.54) is 23.9 Å². The van der Waals surface area contributed by atoms with Gasteiger partial charge in [-0.3, -0.25) is 0 Å². The highest BCUT2D eigenvalue weighted by Gasteiger charge is 2.16. The van der Waals surface area contributed by atoms with Crippen molar-refractivity contribution < 1.29 is 12.8 Å². The molecule has 0 fully saturated rings. The standard InChI is InChI=1S/C17H15ClN2O3S2/c1-12-2-4-13(5-3-12)16-19-20-17(23-16)24-10-11-25(21,22)15-8-6-14(18)7-9-15/h2-9H,10-11H2,1H3. The molecule has 25 heavy (non-hydrogen) atoms. The van der Waals surface area contributed by atoms with Crippen molar-refractivity contribution >= 4 is 33.2 Å². The Balaban J connectivity index is 1.61. The van der Waals surface area contributed by atoms with Crippen LogP contribution in [0.15, 0.2) is 63.1 Å². The number of hydrogen-bond donors (Lipinski definition) is 0. The maximum Gasteiger partial charge on any atom is 0.276 e. The number of hydrogen-bond acceptors (Lipinski definition) is 6. The van der Waals surface area contributed by atoms with Crippen molar-refractivity contribution in [1.29, 1.82) is 0 Å². The first-order valence-corrected chi connectivity index (χ1v) is 10.5. The minimum absolute atomic E-state index is 0.0262. The second kappa shape index (κ2) is 7.59. The van der Waals surface area contributed by atoms with Gasteiger partial charge in [-0.25, -0.2) is 8.42 Å². The largest absolute Gasteiger partial charge is 0.411 e. The summed E-state index contributed by atoms with van der Waals surface area (Å²) in [6.07, 6.45) is 0. The highest BCUT2D eigenvalue weighted by molar-refractivity contribution is 8.00. The molecule has 0 unspecified atom stereocenters. The molecule has 0 spiro atoms. The summed E-state index contributed by atoms with van der Waals surface area (Å²) in [4.78, 5) is 0.253. The van der Waals surface area contributed by atoms with E-state index in [1.807, 2.05) is 31.2 Å². The van der Waals surface area contributed by atoms with Crippen LogP contribution in [0.3, 0.4) is 0 Å². The molecular formula is C17H15ClN2O3S2. The molecular weight excluding hydrogens is 380 g/mol. The molecule has 0 bridgehead atoms. The van der Waals surface area contributed by atoms with Gasteiger partial charge in [-0.15, -0.1) is 10.2 Å². The number of nitrogens with zero attached hydrogens (tertiary/aromatic N) is 2. The van der Waals surface area contributed by atoms with Crippen LogP contribution in [-0.2, 0) is 9.84 Å². The van der Waals surface area contributed by atoms with Crippen LogP contribution < -0.4 is 0 Å². The van der Waals surface area contributed by atoms with Gasteiger partial charge in [-0.2, -0.15) is 0 Å². The van der Waals surface area contributed by atoms with Gasteiger partial charge in [0, 0.05) is 16.3 Å². The third-order valence-corrected chi connectivity index (χ3v) is 6.52. The van der Waals surface area contributed by atoms with Crippen LogP contribution in [0.2, 0.25) is 5.02 Å². The van der Waals surface area contributed by atoms with Crippen molar-refractivity contribution in [2.45, 2.75) is 17.0 Å². The lowest BCUT2D eigenvalue weighted by atomic mass is 10.1. The molecule has 3 rings (SSSR count). The third-order valence-electron chi connectivity index (χ3n) is 3.46. The summed E-state index contributed by atoms with van der Waals surface area (Å²) in [7, 11) is -3.37. The zero-order chi connectivity index (χ0) is 17.9. The maximum absolute atomic E-state index is 12.3. The first kappa shape index (κ1) is 18.0. The summed E-state index contributed by atoms with van der Waals surface area (Å²) in [5.41, 5.74) is 1.98. The minimum Gasteiger partial charge on any atom is -0.411 e. The predicted molar refractivity (Wildman–Crippen MR) is 98.7 cm³/mol. The highest BCUT2D eigenvalue weighted by atomic mass is 35.5. The summed E-state index contributed by atoms with van der Waals surface area (Å²) in [5.74, 6) is 0.713. The fraction of sp³-hybridized carbons (Fsp3) is 0.176. The molecule has 130 valence electrons. The Morgan fingerprint density at radius 3 is 2.40 bits per heavy atom. The summed E-state index contributed by atoms with van der Waals surface area (Å²) in [6.45, 7) is 2.00. The molecule has 3 aromatic rings. The van der Waals surface area contributed by atoms with Crippen LogP contribution in [0.25, 0.3) is 11.5 Å². The fourth-order valence-corrected chi connectivity index (χ4v) is 4.61. The Morgan fingerprint density at radius 1 is 1.04 bits per heavy atom. The van der Waals surface area contributed by atoms with E-state index >= 15 is 0 Å². The van der Waals surface area contributed by atoms with Crippen LogP contribution >= 0.6 is 23.4 Å². The molecule has 8 heteroatoms. The summed E-state index contributed by atoms with van der Waals surface area (Å²) in [6, 6.07) is 13.9. The van der Waals surface area contributed by atoms with Gasteiger partial charge < -0.3 is 4.42 Å². The molecule has 2 aromatic carbocycles. The van der Waals surface area contributed by atoms with Crippen LogP contribution in [0, 0.1) is 6.92 Å². The number of aromatic nitrogens is 2. The Kier molecular flexibility index (Phi) is 5.46. The van der Waals surface area contributed by atoms with Gasteiger partial charge in [0.15, 0.2) is 9.84 Å². The Hall–Kier alpha value is -1.83. The van der Waals surface area contributed by atoms with Crippen LogP contribution in [0.5, 0.6) is 0 Å². The van der Waals surface area contributed by atoms with Crippen molar-refractivity contribution in [3.63, 3.8) is 0 Å². The molecule has 0 amide bonds. The van der Waals surface area contributed by atoms with Crippen LogP contribution in [0.1, 0.15) is 5.56 Å². The number of aryl methyl sites for hydroxylation is 1. The quantitative estimate of drug-likeness (QED) is 0.581. The second-order valence-corrected chi connectivity index (χ2v) is 8.95. The number of sulfone groups is 1. The highest BCUT2D eigenvalue weighted by Crippen LogP contribution is 2.24. The lowest BCUT2D eigenvalue weighted by Gasteiger charge is -2.03. The fourth-order valence-electron chi connectivity index (χ4n) is 2.08. The van der Waals surface area contributed by atoms with E-state index in [0.717, 1.165) is 11.1 Å². The van der Waals surface area contributed by atoms with E-state index in [4.69, 9.17) is 16.0 Å². The van der Waals surface area contributed by atoms with Crippen LogP contribution in [0.4, 0.5) is 0 Å². The van der Waals surface area contributed by atoms with Gasteiger partial charge in [0.1, 0.15) is 0 Å². The molecule has 0 saturated heterocycles. The molecule has 0 saturated carbocycles. The lowest BCUT2D eigenvalue weighted by Crippen LogP contribution is -2.08. The Morgan fingerprint density at radius 2 is 1.72 bits per heavy atom.